The molecule has 1 aromatic carbocycles. The summed E-state index contributed by atoms with van der Waals surface area (Å²) < 4.78 is 4.98. The summed E-state index contributed by atoms with van der Waals surface area (Å²) in [6.45, 7) is 3.21. The van der Waals surface area contributed by atoms with Crippen LogP contribution in [0.5, 0.6) is 0 Å². The fourth-order valence-corrected chi connectivity index (χ4v) is 2.28. The zero-order valence-corrected chi connectivity index (χ0v) is 14.2. The lowest BCUT2D eigenvalue weighted by atomic mass is 10.2. The molecule has 8 nitrogen and oxygen atoms in total. The van der Waals surface area contributed by atoms with Crippen molar-refractivity contribution in [1.29, 1.82) is 0 Å². The van der Waals surface area contributed by atoms with E-state index in [2.05, 4.69) is 26.1 Å². The Kier molecular flexibility index (Phi) is 4.93. The first-order chi connectivity index (χ1) is 12.5. The van der Waals surface area contributed by atoms with Gasteiger partial charge in [-0.05, 0) is 37.3 Å². The van der Waals surface area contributed by atoms with Gasteiger partial charge in [0, 0.05) is 36.1 Å². The molecule has 8 heteroatoms. The van der Waals surface area contributed by atoms with E-state index in [0.717, 1.165) is 0 Å². The van der Waals surface area contributed by atoms with Crippen LogP contribution in [-0.2, 0) is 4.79 Å². The van der Waals surface area contributed by atoms with Crippen LogP contribution in [0.15, 0.2) is 53.2 Å². The molecule has 3 N–H and O–H groups in total. The molecular formula is C18H17N5O3. The van der Waals surface area contributed by atoms with Gasteiger partial charge in [0.15, 0.2) is 5.82 Å². The molecule has 0 unspecified atom stereocenters. The maximum atomic E-state index is 12.5. The van der Waals surface area contributed by atoms with Gasteiger partial charge in [-0.15, -0.1) is 0 Å². The second kappa shape index (κ2) is 7.47. The van der Waals surface area contributed by atoms with Crippen molar-refractivity contribution in [2.75, 3.05) is 16.0 Å². The van der Waals surface area contributed by atoms with E-state index in [9.17, 15) is 9.59 Å². The Morgan fingerprint density at radius 1 is 1.00 bits per heavy atom. The summed E-state index contributed by atoms with van der Waals surface area (Å²) in [5.41, 5.74) is 1.60. The molecule has 0 saturated carbocycles. The van der Waals surface area contributed by atoms with Gasteiger partial charge < -0.3 is 20.5 Å². The molecule has 26 heavy (non-hydrogen) atoms. The number of pyridine rings is 1. The number of hydrogen-bond acceptors (Lipinski definition) is 6. The Balaban J connectivity index is 1.72. The summed E-state index contributed by atoms with van der Waals surface area (Å²) in [6, 6.07) is 11.8. The van der Waals surface area contributed by atoms with Gasteiger partial charge in [-0.2, -0.15) is 0 Å². The minimum Gasteiger partial charge on any atom is -0.360 e. The highest BCUT2D eigenvalue weighted by Crippen LogP contribution is 2.18. The molecule has 0 aliphatic carbocycles. The van der Waals surface area contributed by atoms with E-state index >= 15 is 0 Å². The van der Waals surface area contributed by atoms with Crippen molar-refractivity contribution in [3.8, 4) is 0 Å². The van der Waals surface area contributed by atoms with Crippen LogP contribution in [0.3, 0.4) is 0 Å². The lowest BCUT2D eigenvalue weighted by molar-refractivity contribution is -0.114. The van der Waals surface area contributed by atoms with Gasteiger partial charge in [0.25, 0.3) is 5.91 Å². The Morgan fingerprint density at radius 2 is 1.77 bits per heavy atom. The molecule has 0 bridgehead atoms. The molecular weight excluding hydrogens is 334 g/mol. The minimum atomic E-state index is -0.299. The summed E-state index contributed by atoms with van der Waals surface area (Å²) in [4.78, 5) is 27.8. The van der Waals surface area contributed by atoms with Crippen molar-refractivity contribution < 1.29 is 14.1 Å². The van der Waals surface area contributed by atoms with Crippen LogP contribution in [0.1, 0.15) is 23.0 Å². The van der Waals surface area contributed by atoms with Crippen molar-refractivity contribution in [2.45, 2.75) is 13.8 Å². The van der Waals surface area contributed by atoms with Gasteiger partial charge in [-0.25, -0.2) is 4.98 Å². The van der Waals surface area contributed by atoms with Gasteiger partial charge in [0.1, 0.15) is 11.6 Å². The van der Waals surface area contributed by atoms with Gasteiger partial charge in [-0.3, -0.25) is 9.59 Å². The molecule has 3 aromatic rings. The predicted octanol–water partition coefficient (Wildman–Crippen LogP) is 3.33. The molecule has 2 aromatic heterocycles. The molecule has 0 saturated heterocycles. The van der Waals surface area contributed by atoms with Crippen molar-refractivity contribution in [3.63, 3.8) is 0 Å². The van der Waals surface area contributed by atoms with E-state index in [1.165, 1.54) is 13.1 Å². The van der Waals surface area contributed by atoms with Crippen molar-refractivity contribution in [2.24, 2.45) is 0 Å². The predicted molar refractivity (Wildman–Crippen MR) is 97.5 cm³/mol. The van der Waals surface area contributed by atoms with E-state index in [4.69, 9.17) is 4.52 Å². The molecule has 0 spiro atoms. The Bertz CT molecular complexity index is 951. The first kappa shape index (κ1) is 17.2. The summed E-state index contributed by atoms with van der Waals surface area (Å²) in [6.07, 6.45) is 1.53. The van der Waals surface area contributed by atoms with Crippen LogP contribution in [0, 0.1) is 6.92 Å². The molecule has 0 aliphatic rings. The molecule has 2 heterocycles. The molecule has 0 fully saturated rings. The number of rotatable bonds is 5. The lowest BCUT2D eigenvalue weighted by Gasteiger charge is -2.09. The third kappa shape index (κ3) is 4.44. The maximum Gasteiger partial charge on any atom is 0.255 e. The first-order valence-corrected chi connectivity index (χ1v) is 7.85. The molecule has 3 rings (SSSR count). The zero-order valence-electron chi connectivity index (χ0n) is 14.2. The molecule has 2 amide bonds. The highest BCUT2D eigenvalue weighted by Gasteiger charge is 2.09. The smallest absolute Gasteiger partial charge is 0.255 e. The number of hydrogen-bond donors (Lipinski definition) is 3. The fourth-order valence-electron chi connectivity index (χ4n) is 2.28. The van der Waals surface area contributed by atoms with Crippen LogP contribution in [-0.4, -0.2) is 22.0 Å². The van der Waals surface area contributed by atoms with Crippen LogP contribution in [0.4, 0.5) is 23.0 Å². The largest absolute Gasteiger partial charge is 0.360 e. The minimum absolute atomic E-state index is 0.179. The third-order valence-electron chi connectivity index (χ3n) is 3.35. The molecule has 0 aliphatic heterocycles. The molecule has 0 atom stereocenters. The highest BCUT2D eigenvalue weighted by atomic mass is 16.5. The van der Waals surface area contributed by atoms with Crippen LogP contribution < -0.4 is 16.0 Å². The number of nitrogens with zero attached hydrogens (tertiary/aromatic N) is 2. The van der Waals surface area contributed by atoms with Crippen molar-refractivity contribution in [3.05, 3.63) is 60.0 Å². The number of amides is 2. The summed E-state index contributed by atoms with van der Waals surface area (Å²) in [5.74, 6) is 1.17. The van der Waals surface area contributed by atoms with E-state index in [-0.39, 0.29) is 11.8 Å². The number of benzene rings is 1. The average Bonchev–Trinajstić information content (AvgIpc) is 2.99. The van der Waals surface area contributed by atoms with E-state index in [0.29, 0.717) is 34.3 Å². The molecule has 132 valence electrons. The standard InChI is InChI=1S/C18H17N5O3/c1-11-8-17(23-26-11)22-16-9-13(6-7-19-16)18(25)21-15-5-3-4-14(10-15)20-12(2)24/h3-10H,1-2H3,(H,20,24)(H,21,25)(H,19,22,23). The Morgan fingerprint density at radius 3 is 2.46 bits per heavy atom. The fraction of sp³-hybridized carbons (Fsp3) is 0.111. The number of anilines is 4. The quantitative estimate of drug-likeness (QED) is 0.650. The van der Waals surface area contributed by atoms with Gasteiger partial charge >= 0.3 is 0 Å². The number of carbonyl (C=O) groups is 2. The number of nitrogens with one attached hydrogen (secondary N) is 3. The second-order valence-electron chi connectivity index (χ2n) is 5.59. The second-order valence-corrected chi connectivity index (χ2v) is 5.59. The van der Waals surface area contributed by atoms with E-state index in [1.807, 2.05) is 0 Å². The Labute approximate surface area is 149 Å². The summed E-state index contributed by atoms with van der Waals surface area (Å²) in [7, 11) is 0. The first-order valence-electron chi connectivity index (χ1n) is 7.85. The zero-order chi connectivity index (χ0) is 18.5. The van der Waals surface area contributed by atoms with Crippen molar-refractivity contribution in [1.82, 2.24) is 10.1 Å². The number of aryl methyl sites for hydroxylation is 1. The lowest BCUT2D eigenvalue weighted by Crippen LogP contribution is -2.13. The van der Waals surface area contributed by atoms with E-state index < -0.39 is 0 Å². The maximum absolute atomic E-state index is 12.5. The third-order valence-corrected chi connectivity index (χ3v) is 3.35. The average molecular weight is 351 g/mol. The highest BCUT2D eigenvalue weighted by molar-refractivity contribution is 6.05. The van der Waals surface area contributed by atoms with Gasteiger partial charge in [-0.1, -0.05) is 11.2 Å². The summed E-state index contributed by atoms with van der Waals surface area (Å²) >= 11 is 0. The van der Waals surface area contributed by atoms with Crippen LogP contribution >= 0.6 is 0 Å². The van der Waals surface area contributed by atoms with Crippen LogP contribution in [0.2, 0.25) is 0 Å². The van der Waals surface area contributed by atoms with E-state index in [1.54, 1.807) is 49.4 Å². The Hall–Kier alpha value is -3.68. The number of aromatic nitrogens is 2. The summed E-state index contributed by atoms with van der Waals surface area (Å²) in [5, 5.41) is 12.3. The monoisotopic (exact) mass is 351 g/mol. The van der Waals surface area contributed by atoms with Crippen molar-refractivity contribution >= 4 is 34.8 Å². The topological polar surface area (TPSA) is 109 Å². The van der Waals surface area contributed by atoms with Gasteiger partial charge in [0.05, 0.1) is 0 Å². The van der Waals surface area contributed by atoms with Gasteiger partial charge in [0.2, 0.25) is 5.91 Å². The number of carbonyl (C=O) groups excluding carboxylic acids is 2. The normalized spacial score (nSPS) is 10.2. The van der Waals surface area contributed by atoms with Crippen LogP contribution in [0.25, 0.3) is 0 Å². The SMILES string of the molecule is CC(=O)Nc1cccc(NC(=O)c2ccnc(Nc3cc(C)on3)c2)c1. The molecule has 0 radical (unpaired) electrons.